The number of halogens is 3. The first-order valence-electron chi connectivity index (χ1n) is 6.14. The van der Waals surface area contributed by atoms with Gasteiger partial charge in [0, 0.05) is 15.1 Å². The zero-order valence-electron chi connectivity index (χ0n) is 11.1. The summed E-state index contributed by atoms with van der Waals surface area (Å²) >= 11 is 4.49. The van der Waals surface area contributed by atoms with Crippen molar-refractivity contribution in [2.75, 3.05) is 5.32 Å². The predicted octanol–water partition coefficient (Wildman–Crippen LogP) is 4.85. The van der Waals surface area contributed by atoms with Gasteiger partial charge in [0.2, 0.25) is 5.91 Å². The van der Waals surface area contributed by atoms with Crippen LogP contribution in [-0.2, 0) is 4.79 Å². The summed E-state index contributed by atoms with van der Waals surface area (Å²) < 4.78 is 26.8. The molecule has 2 nitrogen and oxygen atoms in total. The number of carbonyl (C=O) groups excluding carboxylic acids is 1. The molecular formula is C15H12BrF2NOS. The van der Waals surface area contributed by atoms with Crippen LogP contribution < -0.4 is 5.32 Å². The lowest BCUT2D eigenvalue weighted by atomic mass is 10.3. The number of anilines is 1. The first kappa shape index (κ1) is 16.0. The SMILES string of the molecule is CC(Sc1ccc(F)c(F)c1)C(=O)Nc1cccc(Br)c1. The molecule has 6 heteroatoms. The Balaban J connectivity index is 2.00. The second kappa shape index (κ2) is 7.04. The Bertz CT molecular complexity index is 666. The Hall–Kier alpha value is -1.40. The zero-order chi connectivity index (χ0) is 15.4. The van der Waals surface area contributed by atoms with E-state index in [0.29, 0.717) is 10.6 Å². The van der Waals surface area contributed by atoms with E-state index < -0.39 is 16.9 Å². The molecule has 0 fully saturated rings. The molecule has 1 N–H and O–H groups in total. The number of rotatable bonds is 4. The molecule has 0 radical (unpaired) electrons. The molecule has 0 saturated heterocycles. The molecule has 0 heterocycles. The number of nitrogens with one attached hydrogen (secondary N) is 1. The smallest absolute Gasteiger partial charge is 0.237 e. The highest BCUT2D eigenvalue weighted by molar-refractivity contribution is 9.10. The van der Waals surface area contributed by atoms with Gasteiger partial charge in [-0.1, -0.05) is 22.0 Å². The fourth-order valence-electron chi connectivity index (χ4n) is 1.62. The number of hydrogen-bond donors (Lipinski definition) is 1. The molecule has 0 aliphatic carbocycles. The van der Waals surface area contributed by atoms with E-state index in [0.717, 1.165) is 16.6 Å². The summed E-state index contributed by atoms with van der Waals surface area (Å²) in [5, 5.41) is 2.33. The summed E-state index contributed by atoms with van der Waals surface area (Å²) in [4.78, 5) is 12.6. The van der Waals surface area contributed by atoms with Crippen LogP contribution in [0.2, 0.25) is 0 Å². The highest BCUT2D eigenvalue weighted by Gasteiger charge is 2.15. The van der Waals surface area contributed by atoms with Crippen molar-refractivity contribution in [3.63, 3.8) is 0 Å². The average molecular weight is 372 g/mol. The maximum atomic E-state index is 13.1. The third-order valence-electron chi connectivity index (χ3n) is 2.67. The quantitative estimate of drug-likeness (QED) is 0.778. The monoisotopic (exact) mass is 371 g/mol. The largest absolute Gasteiger partial charge is 0.325 e. The average Bonchev–Trinajstić information content (AvgIpc) is 2.43. The van der Waals surface area contributed by atoms with Crippen LogP contribution in [-0.4, -0.2) is 11.2 Å². The fourth-order valence-corrected chi connectivity index (χ4v) is 2.91. The highest BCUT2D eigenvalue weighted by Crippen LogP contribution is 2.26. The van der Waals surface area contributed by atoms with Gasteiger partial charge in [-0.05, 0) is 43.3 Å². The first-order valence-corrected chi connectivity index (χ1v) is 7.81. The molecule has 2 aromatic rings. The standard InChI is InChI=1S/C15H12BrF2NOS/c1-9(21-12-5-6-13(17)14(18)8-12)15(20)19-11-4-2-3-10(16)7-11/h2-9H,1H3,(H,19,20). The summed E-state index contributed by atoms with van der Waals surface area (Å²) in [5.74, 6) is -2.02. The van der Waals surface area contributed by atoms with Crippen LogP contribution in [0.5, 0.6) is 0 Å². The lowest BCUT2D eigenvalue weighted by Crippen LogP contribution is -2.22. The van der Waals surface area contributed by atoms with Gasteiger partial charge in [-0.3, -0.25) is 4.79 Å². The number of thioether (sulfide) groups is 1. The van der Waals surface area contributed by atoms with E-state index in [4.69, 9.17) is 0 Å². The van der Waals surface area contributed by atoms with Crippen LogP contribution in [0.1, 0.15) is 6.92 Å². The lowest BCUT2D eigenvalue weighted by molar-refractivity contribution is -0.115. The molecule has 2 rings (SSSR count). The summed E-state index contributed by atoms with van der Waals surface area (Å²) in [5.41, 5.74) is 0.673. The van der Waals surface area contributed by atoms with Gasteiger partial charge in [0.25, 0.3) is 0 Å². The number of hydrogen-bond acceptors (Lipinski definition) is 2. The maximum Gasteiger partial charge on any atom is 0.237 e. The van der Waals surface area contributed by atoms with E-state index in [9.17, 15) is 13.6 Å². The minimum Gasteiger partial charge on any atom is -0.325 e. The molecule has 2 aromatic carbocycles. The van der Waals surface area contributed by atoms with Crippen molar-refractivity contribution in [3.05, 3.63) is 58.6 Å². The molecule has 0 aliphatic rings. The number of carbonyl (C=O) groups is 1. The van der Waals surface area contributed by atoms with Crippen LogP contribution >= 0.6 is 27.7 Å². The number of amides is 1. The minimum absolute atomic E-state index is 0.206. The van der Waals surface area contributed by atoms with Gasteiger partial charge in [-0.25, -0.2) is 8.78 Å². The van der Waals surface area contributed by atoms with Crippen LogP contribution in [0.25, 0.3) is 0 Å². The normalized spacial score (nSPS) is 12.0. The topological polar surface area (TPSA) is 29.1 Å². The predicted molar refractivity (Wildman–Crippen MR) is 84.4 cm³/mol. The minimum atomic E-state index is -0.917. The van der Waals surface area contributed by atoms with Crippen molar-refractivity contribution in [1.82, 2.24) is 0 Å². The molecule has 0 bridgehead atoms. The summed E-state index contributed by atoms with van der Waals surface area (Å²) in [7, 11) is 0. The van der Waals surface area contributed by atoms with E-state index >= 15 is 0 Å². The van der Waals surface area contributed by atoms with Gasteiger partial charge >= 0.3 is 0 Å². The van der Waals surface area contributed by atoms with E-state index in [1.165, 1.54) is 17.8 Å². The van der Waals surface area contributed by atoms with Crippen LogP contribution in [0.4, 0.5) is 14.5 Å². The van der Waals surface area contributed by atoms with Crippen molar-refractivity contribution in [2.24, 2.45) is 0 Å². The third-order valence-corrected chi connectivity index (χ3v) is 4.25. The van der Waals surface area contributed by atoms with Gasteiger partial charge in [-0.2, -0.15) is 0 Å². The Morgan fingerprint density at radius 1 is 1.19 bits per heavy atom. The van der Waals surface area contributed by atoms with Crippen LogP contribution in [0.15, 0.2) is 51.8 Å². The molecule has 1 unspecified atom stereocenters. The molecule has 21 heavy (non-hydrogen) atoms. The van der Waals surface area contributed by atoms with Crippen molar-refractivity contribution < 1.29 is 13.6 Å². The van der Waals surface area contributed by atoms with Gasteiger partial charge < -0.3 is 5.32 Å². The maximum absolute atomic E-state index is 13.1. The summed E-state index contributed by atoms with van der Waals surface area (Å²) in [6, 6.07) is 10.8. The molecular weight excluding hydrogens is 360 g/mol. The Labute approximate surface area is 134 Å². The Morgan fingerprint density at radius 2 is 1.95 bits per heavy atom. The van der Waals surface area contributed by atoms with Crippen LogP contribution in [0.3, 0.4) is 0 Å². The van der Waals surface area contributed by atoms with E-state index in [2.05, 4.69) is 21.2 Å². The lowest BCUT2D eigenvalue weighted by Gasteiger charge is -2.12. The number of benzene rings is 2. The van der Waals surface area contributed by atoms with Crippen molar-refractivity contribution in [3.8, 4) is 0 Å². The van der Waals surface area contributed by atoms with Crippen molar-refractivity contribution in [2.45, 2.75) is 17.1 Å². The molecule has 0 aliphatic heterocycles. The Kier molecular flexibility index (Phi) is 5.36. The summed E-state index contributed by atoms with van der Waals surface area (Å²) in [6.45, 7) is 1.71. The van der Waals surface area contributed by atoms with Crippen LogP contribution in [0, 0.1) is 11.6 Å². The Morgan fingerprint density at radius 3 is 2.62 bits per heavy atom. The van der Waals surface area contributed by atoms with E-state index in [1.54, 1.807) is 19.1 Å². The second-order valence-electron chi connectivity index (χ2n) is 4.34. The van der Waals surface area contributed by atoms with Gasteiger partial charge in [0.15, 0.2) is 11.6 Å². The van der Waals surface area contributed by atoms with E-state index in [1.807, 2.05) is 12.1 Å². The molecule has 0 spiro atoms. The zero-order valence-corrected chi connectivity index (χ0v) is 13.5. The fraction of sp³-hybridized carbons (Fsp3) is 0.133. The van der Waals surface area contributed by atoms with Gasteiger partial charge in [0.05, 0.1) is 5.25 Å². The molecule has 0 saturated carbocycles. The molecule has 0 aromatic heterocycles. The van der Waals surface area contributed by atoms with Gasteiger partial charge in [-0.15, -0.1) is 11.8 Å². The second-order valence-corrected chi connectivity index (χ2v) is 6.67. The molecule has 1 amide bonds. The third kappa shape index (κ3) is 4.54. The van der Waals surface area contributed by atoms with E-state index in [-0.39, 0.29) is 5.91 Å². The molecule has 1 atom stereocenters. The first-order chi connectivity index (χ1) is 9.95. The highest BCUT2D eigenvalue weighted by atomic mass is 79.9. The summed E-state index contributed by atoms with van der Waals surface area (Å²) in [6.07, 6.45) is 0. The van der Waals surface area contributed by atoms with Crippen molar-refractivity contribution in [1.29, 1.82) is 0 Å². The molecule has 110 valence electrons. The van der Waals surface area contributed by atoms with Crippen molar-refractivity contribution >= 4 is 39.3 Å². The van der Waals surface area contributed by atoms with Gasteiger partial charge in [0.1, 0.15) is 0 Å².